The molecular weight excluding hydrogens is 270 g/mol. The van der Waals surface area contributed by atoms with Gasteiger partial charge in [0.05, 0.1) is 6.21 Å². The second kappa shape index (κ2) is 5.24. The van der Waals surface area contributed by atoms with Crippen molar-refractivity contribution in [1.29, 1.82) is 0 Å². The molecule has 1 aliphatic rings. The van der Waals surface area contributed by atoms with E-state index in [4.69, 9.17) is 4.42 Å². The molecule has 106 valence electrons. The van der Waals surface area contributed by atoms with E-state index in [2.05, 4.69) is 10.4 Å². The van der Waals surface area contributed by atoms with Crippen molar-refractivity contribution in [2.75, 3.05) is 6.54 Å². The third-order valence-electron chi connectivity index (χ3n) is 3.06. The van der Waals surface area contributed by atoms with Gasteiger partial charge in [-0.15, -0.1) is 0 Å². The number of aryl methyl sites for hydroxylation is 1. The van der Waals surface area contributed by atoms with E-state index in [0.717, 1.165) is 16.3 Å². The molecule has 0 unspecified atom stereocenters. The van der Waals surface area contributed by atoms with Crippen LogP contribution in [-0.2, 0) is 4.79 Å². The van der Waals surface area contributed by atoms with Crippen LogP contribution in [0.25, 0.3) is 11.3 Å². The highest BCUT2D eigenvalue weighted by Crippen LogP contribution is 2.21. The summed E-state index contributed by atoms with van der Waals surface area (Å²) in [6.45, 7) is 1.95. The molecule has 0 bridgehead atoms. The van der Waals surface area contributed by atoms with Gasteiger partial charge in [-0.2, -0.15) is 5.10 Å². The first-order valence-corrected chi connectivity index (χ1v) is 6.44. The van der Waals surface area contributed by atoms with E-state index >= 15 is 0 Å². The fourth-order valence-corrected chi connectivity index (χ4v) is 1.95. The number of hydrazone groups is 1. The number of hydrogen-bond donors (Lipinski definition) is 1. The number of benzene rings is 1. The molecule has 2 heterocycles. The lowest BCUT2D eigenvalue weighted by Gasteiger charge is -2.02. The Morgan fingerprint density at radius 1 is 1.19 bits per heavy atom. The maximum Gasteiger partial charge on any atom is 0.344 e. The summed E-state index contributed by atoms with van der Waals surface area (Å²) < 4.78 is 5.64. The molecular formula is C15H13N3O3. The van der Waals surface area contributed by atoms with Crippen LogP contribution in [0.1, 0.15) is 11.3 Å². The quantitative estimate of drug-likeness (QED) is 0.692. The zero-order valence-electron chi connectivity index (χ0n) is 11.4. The molecule has 2 aromatic rings. The van der Waals surface area contributed by atoms with Gasteiger partial charge in [-0.3, -0.25) is 10.1 Å². The standard InChI is InChI=1S/C15H13N3O3/c1-10-2-4-11(5-3-10)13-7-6-12(21-13)8-16-18-9-14(19)17-15(18)20/h2-8H,9H2,1H3,(H,17,19,20). The zero-order valence-corrected chi connectivity index (χ0v) is 11.4. The highest BCUT2D eigenvalue weighted by molar-refractivity contribution is 6.02. The number of urea groups is 1. The Kier molecular flexibility index (Phi) is 3.27. The third-order valence-corrected chi connectivity index (χ3v) is 3.06. The van der Waals surface area contributed by atoms with Gasteiger partial charge in [0, 0.05) is 5.56 Å². The van der Waals surface area contributed by atoms with Crippen LogP contribution in [0.5, 0.6) is 0 Å². The van der Waals surface area contributed by atoms with Crippen molar-refractivity contribution >= 4 is 18.2 Å². The summed E-state index contributed by atoms with van der Waals surface area (Å²) in [5.74, 6) is 0.869. The van der Waals surface area contributed by atoms with Crippen LogP contribution in [0.3, 0.4) is 0 Å². The number of rotatable bonds is 3. The monoisotopic (exact) mass is 283 g/mol. The Morgan fingerprint density at radius 2 is 1.95 bits per heavy atom. The number of carbonyl (C=O) groups is 2. The minimum atomic E-state index is -0.526. The predicted octanol–water partition coefficient (Wildman–Crippen LogP) is 2.14. The lowest BCUT2D eigenvalue weighted by atomic mass is 10.1. The van der Waals surface area contributed by atoms with Gasteiger partial charge in [0.2, 0.25) is 5.91 Å². The van der Waals surface area contributed by atoms with E-state index in [1.165, 1.54) is 11.8 Å². The highest BCUT2D eigenvalue weighted by Gasteiger charge is 2.25. The zero-order chi connectivity index (χ0) is 14.8. The van der Waals surface area contributed by atoms with Crippen LogP contribution < -0.4 is 5.32 Å². The van der Waals surface area contributed by atoms with Gasteiger partial charge in [-0.25, -0.2) is 9.80 Å². The third kappa shape index (κ3) is 2.84. The van der Waals surface area contributed by atoms with Crippen molar-refractivity contribution in [3.05, 3.63) is 47.7 Å². The normalized spacial score (nSPS) is 15.0. The molecule has 3 amide bonds. The molecule has 0 radical (unpaired) electrons. The lowest BCUT2D eigenvalue weighted by molar-refractivity contribution is -0.118. The van der Waals surface area contributed by atoms with Gasteiger partial charge in [0.1, 0.15) is 18.1 Å². The maximum absolute atomic E-state index is 11.3. The molecule has 0 saturated carbocycles. The minimum Gasteiger partial charge on any atom is -0.455 e. The number of carbonyl (C=O) groups excluding carboxylic acids is 2. The van der Waals surface area contributed by atoms with Gasteiger partial charge >= 0.3 is 6.03 Å². The van der Waals surface area contributed by atoms with Crippen molar-refractivity contribution in [1.82, 2.24) is 10.3 Å². The average Bonchev–Trinajstić information content (AvgIpc) is 3.04. The van der Waals surface area contributed by atoms with Crippen molar-refractivity contribution in [2.45, 2.75) is 6.92 Å². The highest BCUT2D eigenvalue weighted by atomic mass is 16.3. The van der Waals surface area contributed by atoms with Crippen molar-refractivity contribution in [3.8, 4) is 11.3 Å². The summed E-state index contributed by atoms with van der Waals surface area (Å²) in [7, 11) is 0. The van der Waals surface area contributed by atoms with E-state index in [9.17, 15) is 9.59 Å². The van der Waals surface area contributed by atoms with E-state index in [1.54, 1.807) is 6.07 Å². The van der Waals surface area contributed by atoms with Gasteiger partial charge in [-0.05, 0) is 19.1 Å². The first-order valence-electron chi connectivity index (χ1n) is 6.44. The van der Waals surface area contributed by atoms with Crippen LogP contribution in [0.15, 0.2) is 45.9 Å². The van der Waals surface area contributed by atoms with Gasteiger partial charge < -0.3 is 4.42 Å². The van der Waals surface area contributed by atoms with Crippen LogP contribution in [0, 0.1) is 6.92 Å². The van der Waals surface area contributed by atoms with Gasteiger partial charge in [0.15, 0.2) is 0 Å². The molecule has 3 rings (SSSR count). The first kappa shape index (κ1) is 13.1. The summed E-state index contributed by atoms with van der Waals surface area (Å²) in [6.07, 6.45) is 1.41. The van der Waals surface area contributed by atoms with Crippen LogP contribution in [0.4, 0.5) is 4.79 Å². The Labute approximate surface area is 121 Å². The van der Waals surface area contributed by atoms with E-state index < -0.39 is 6.03 Å². The Morgan fingerprint density at radius 3 is 2.62 bits per heavy atom. The summed E-state index contributed by atoms with van der Waals surface area (Å²) >= 11 is 0. The SMILES string of the molecule is Cc1ccc(-c2ccc(C=NN3CC(=O)NC3=O)o2)cc1. The first-order chi connectivity index (χ1) is 10.1. The molecule has 0 atom stereocenters. The van der Waals surface area contributed by atoms with Crippen LogP contribution >= 0.6 is 0 Å². The number of furan rings is 1. The molecule has 1 aromatic heterocycles. The molecule has 0 aliphatic carbocycles. The van der Waals surface area contributed by atoms with Crippen molar-refractivity contribution in [2.24, 2.45) is 5.10 Å². The molecule has 1 fully saturated rings. The summed E-state index contributed by atoms with van der Waals surface area (Å²) in [6, 6.07) is 11.0. The second-order valence-corrected chi connectivity index (χ2v) is 4.72. The summed E-state index contributed by atoms with van der Waals surface area (Å²) in [4.78, 5) is 22.3. The minimum absolute atomic E-state index is 0.0686. The van der Waals surface area contributed by atoms with Crippen LogP contribution in [-0.4, -0.2) is 29.7 Å². The maximum atomic E-state index is 11.3. The number of amides is 3. The second-order valence-electron chi connectivity index (χ2n) is 4.72. The Balaban J connectivity index is 1.75. The van der Waals surface area contributed by atoms with Crippen molar-refractivity contribution < 1.29 is 14.0 Å². The largest absolute Gasteiger partial charge is 0.455 e. The average molecular weight is 283 g/mol. The number of nitrogens with one attached hydrogen (secondary N) is 1. The number of imide groups is 1. The topological polar surface area (TPSA) is 74.9 Å². The molecule has 6 heteroatoms. The molecule has 1 N–H and O–H groups in total. The van der Waals surface area contributed by atoms with Gasteiger partial charge in [0.25, 0.3) is 0 Å². The summed E-state index contributed by atoms with van der Waals surface area (Å²) in [5, 5.41) is 7.12. The Bertz CT molecular complexity index is 716. The molecule has 6 nitrogen and oxygen atoms in total. The molecule has 1 aliphatic heterocycles. The fraction of sp³-hybridized carbons (Fsp3) is 0.133. The lowest BCUT2D eigenvalue weighted by Crippen LogP contribution is -2.24. The number of nitrogens with zero attached hydrogens (tertiary/aromatic N) is 2. The van der Waals surface area contributed by atoms with E-state index in [1.807, 2.05) is 37.3 Å². The van der Waals surface area contributed by atoms with Crippen molar-refractivity contribution in [3.63, 3.8) is 0 Å². The molecule has 21 heavy (non-hydrogen) atoms. The predicted molar refractivity (Wildman–Crippen MR) is 76.7 cm³/mol. The van der Waals surface area contributed by atoms with E-state index in [-0.39, 0.29) is 12.5 Å². The fourth-order valence-electron chi connectivity index (χ4n) is 1.95. The smallest absolute Gasteiger partial charge is 0.344 e. The number of hydrogen-bond acceptors (Lipinski definition) is 4. The molecule has 0 spiro atoms. The molecule has 1 saturated heterocycles. The Hall–Kier alpha value is -2.89. The van der Waals surface area contributed by atoms with Gasteiger partial charge in [-0.1, -0.05) is 29.8 Å². The van der Waals surface area contributed by atoms with Crippen LogP contribution in [0.2, 0.25) is 0 Å². The van der Waals surface area contributed by atoms with E-state index in [0.29, 0.717) is 5.76 Å². The summed E-state index contributed by atoms with van der Waals surface area (Å²) in [5.41, 5.74) is 2.14. The molecule has 1 aromatic carbocycles.